The van der Waals surface area contributed by atoms with Crippen LogP contribution in [0.2, 0.25) is 5.02 Å². The second kappa shape index (κ2) is 7.12. The fraction of sp³-hybridized carbons (Fsp3) is 0.333. The molecule has 10 heteroatoms. The van der Waals surface area contributed by atoms with Crippen molar-refractivity contribution in [3.05, 3.63) is 58.9 Å². The molecule has 1 aliphatic carbocycles. The number of carbonyl (C=O) groups is 1. The van der Waals surface area contributed by atoms with Gasteiger partial charge in [-0.3, -0.25) is 4.79 Å². The number of nitrogens with one attached hydrogen (secondary N) is 1. The van der Waals surface area contributed by atoms with E-state index in [0.29, 0.717) is 22.9 Å². The Morgan fingerprint density at radius 2 is 2.00 bits per heavy atom. The molecule has 1 atom stereocenters. The van der Waals surface area contributed by atoms with Crippen molar-refractivity contribution < 1.29 is 4.79 Å². The molecule has 0 spiro atoms. The molecule has 4 aromatic heterocycles. The minimum atomic E-state index is -0.345. The fourth-order valence-corrected chi connectivity index (χ4v) is 4.49. The molecule has 0 aromatic carbocycles. The van der Waals surface area contributed by atoms with Crippen LogP contribution in [0.4, 0.5) is 5.69 Å². The molecule has 0 aliphatic heterocycles. The van der Waals surface area contributed by atoms with Crippen molar-refractivity contribution in [3.8, 4) is 5.82 Å². The van der Waals surface area contributed by atoms with E-state index in [1.54, 1.807) is 24.7 Å². The minimum Gasteiger partial charge on any atom is -0.324 e. The van der Waals surface area contributed by atoms with Gasteiger partial charge >= 0.3 is 0 Å². The largest absolute Gasteiger partial charge is 0.324 e. The predicted octanol–water partition coefficient (Wildman–Crippen LogP) is 3.32. The molecule has 4 aromatic rings. The number of aromatic nitrogens is 7. The lowest BCUT2D eigenvalue weighted by atomic mass is 9.88. The van der Waals surface area contributed by atoms with Gasteiger partial charge in [0.1, 0.15) is 0 Å². The van der Waals surface area contributed by atoms with E-state index in [9.17, 15) is 4.79 Å². The highest BCUT2D eigenvalue weighted by molar-refractivity contribution is 6.32. The van der Waals surface area contributed by atoms with Gasteiger partial charge in [0.25, 0.3) is 0 Å². The molecule has 0 saturated carbocycles. The van der Waals surface area contributed by atoms with Crippen LogP contribution in [0.25, 0.3) is 11.5 Å². The number of carbonyl (C=O) groups excluding carboxylic acids is 1. The van der Waals surface area contributed by atoms with E-state index < -0.39 is 0 Å². The molecular formula is C21H21ClN8O. The first-order chi connectivity index (χ1) is 14.9. The zero-order valence-electron chi connectivity index (χ0n) is 17.4. The van der Waals surface area contributed by atoms with E-state index in [2.05, 4.69) is 46.3 Å². The third-order valence-electron chi connectivity index (χ3n) is 5.67. The Morgan fingerprint density at radius 1 is 1.23 bits per heavy atom. The monoisotopic (exact) mass is 436 g/mol. The Hall–Kier alpha value is -3.33. The Bertz CT molecular complexity index is 1290. The Morgan fingerprint density at radius 3 is 2.71 bits per heavy atom. The summed E-state index contributed by atoms with van der Waals surface area (Å²) in [6.45, 7) is 6.34. The Kier molecular flexibility index (Phi) is 4.51. The first-order valence-corrected chi connectivity index (χ1v) is 10.5. The molecule has 9 nitrogen and oxygen atoms in total. The maximum absolute atomic E-state index is 13.2. The van der Waals surface area contributed by atoms with Crippen molar-refractivity contribution in [2.24, 2.45) is 0 Å². The fourth-order valence-electron chi connectivity index (χ4n) is 4.25. The molecule has 0 radical (unpaired) electrons. The van der Waals surface area contributed by atoms with Gasteiger partial charge in [-0.15, -0.1) is 4.80 Å². The van der Waals surface area contributed by atoms with E-state index in [4.69, 9.17) is 16.7 Å². The molecule has 5 rings (SSSR count). The first kappa shape index (κ1) is 19.6. The molecule has 0 saturated heterocycles. The molecule has 0 bridgehead atoms. The van der Waals surface area contributed by atoms with E-state index >= 15 is 0 Å². The molecular weight excluding hydrogens is 416 g/mol. The van der Waals surface area contributed by atoms with Crippen LogP contribution in [0.3, 0.4) is 0 Å². The van der Waals surface area contributed by atoms with Crippen LogP contribution in [-0.2, 0) is 16.6 Å². The Balaban J connectivity index is 1.45. The van der Waals surface area contributed by atoms with Gasteiger partial charge in [-0.1, -0.05) is 32.4 Å². The molecule has 1 aliphatic rings. The number of anilines is 1. The van der Waals surface area contributed by atoms with E-state index in [0.717, 1.165) is 29.0 Å². The molecule has 0 unspecified atom stereocenters. The smallest absolute Gasteiger partial charge is 0.232 e. The topological polar surface area (TPSA) is 103 Å². The van der Waals surface area contributed by atoms with Gasteiger partial charge in [0.2, 0.25) is 5.91 Å². The normalized spacial score (nSPS) is 17.1. The number of halogens is 1. The van der Waals surface area contributed by atoms with E-state index in [1.807, 2.05) is 16.8 Å². The summed E-state index contributed by atoms with van der Waals surface area (Å²) in [5.41, 5.74) is 4.02. The average molecular weight is 437 g/mol. The highest BCUT2D eigenvalue weighted by Gasteiger charge is 2.43. The number of fused-ring (bicyclic) bond motifs is 3. The van der Waals surface area contributed by atoms with Gasteiger partial charge in [0.15, 0.2) is 11.5 Å². The zero-order chi connectivity index (χ0) is 21.8. The van der Waals surface area contributed by atoms with E-state index in [-0.39, 0.29) is 17.2 Å². The summed E-state index contributed by atoms with van der Waals surface area (Å²) in [7, 11) is 0. The summed E-state index contributed by atoms with van der Waals surface area (Å²) in [4.78, 5) is 23.4. The number of amides is 1. The van der Waals surface area contributed by atoms with Crippen LogP contribution in [0.5, 0.6) is 0 Å². The summed E-state index contributed by atoms with van der Waals surface area (Å²) >= 11 is 6.34. The summed E-state index contributed by atoms with van der Waals surface area (Å²) in [5, 5.41) is 16.1. The van der Waals surface area contributed by atoms with Crippen LogP contribution in [-0.4, -0.2) is 40.5 Å². The quantitative estimate of drug-likeness (QED) is 0.526. The van der Waals surface area contributed by atoms with Crippen LogP contribution >= 0.6 is 11.6 Å². The number of rotatable bonds is 4. The van der Waals surface area contributed by atoms with Crippen molar-refractivity contribution in [3.63, 3.8) is 0 Å². The summed E-state index contributed by atoms with van der Waals surface area (Å²) in [5.74, 6) is -0.0740. The highest BCUT2D eigenvalue weighted by Crippen LogP contribution is 2.46. The van der Waals surface area contributed by atoms with Gasteiger partial charge in [0.05, 0.1) is 46.6 Å². The van der Waals surface area contributed by atoms with Crippen LogP contribution in [0, 0.1) is 0 Å². The lowest BCUT2D eigenvalue weighted by molar-refractivity contribution is -0.117. The molecule has 1 amide bonds. The SMILES string of the molecule is CCc1cc2ncc3c(n2n1)C(C)(C)C[C@H]3C(=O)Nc1cnc(-n2nccn2)c(Cl)c1. The van der Waals surface area contributed by atoms with Crippen molar-refractivity contribution in [2.45, 2.75) is 44.9 Å². The second-order valence-electron chi connectivity index (χ2n) is 8.30. The molecule has 1 N–H and O–H groups in total. The number of hydrogen-bond donors (Lipinski definition) is 1. The molecule has 158 valence electrons. The van der Waals surface area contributed by atoms with Crippen molar-refractivity contribution in [2.75, 3.05) is 5.32 Å². The van der Waals surface area contributed by atoms with E-state index in [1.165, 1.54) is 4.80 Å². The van der Waals surface area contributed by atoms with Gasteiger partial charge in [0, 0.05) is 23.2 Å². The van der Waals surface area contributed by atoms with Crippen molar-refractivity contribution in [1.29, 1.82) is 0 Å². The molecule has 4 heterocycles. The number of hydrogen-bond acceptors (Lipinski definition) is 6. The maximum atomic E-state index is 13.2. The number of aryl methyl sites for hydroxylation is 1. The lowest BCUT2D eigenvalue weighted by Crippen LogP contribution is -2.21. The second-order valence-corrected chi connectivity index (χ2v) is 8.71. The summed E-state index contributed by atoms with van der Waals surface area (Å²) in [6, 6.07) is 3.64. The van der Waals surface area contributed by atoms with Gasteiger partial charge < -0.3 is 5.32 Å². The zero-order valence-corrected chi connectivity index (χ0v) is 18.1. The number of pyridine rings is 1. The first-order valence-electron chi connectivity index (χ1n) is 10.1. The standard InChI is InChI=1S/C21H21ClN8O/c1-4-12-8-17-23-11-15-14(9-21(2,3)18(15)29(17)28-12)20(31)27-13-7-16(22)19(24-10-13)30-25-5-6-26-30/h5-8,10-11,14H,4,9H2,1-3H3,(H,27,31)/t14-/m1/s1. The van der Waals surface area contributed by atoms with Gasteiger partial charge in [-0.05, 0) is 18.9 Å². The van der Waals surface area contributed by atoms with Gasteiger partial charge in [-0.25, -0.2) is 14.5 Å². The molecule has 0 fully saturated rings. The highest BCUT2D eigenvalue weighted by atomic mass is 35.5. The predicted molar refractivity (Wildman–Crippen MR) is 116 cm³/mol. The maximum Gasteiger partial charge on any atom is 0.232 e. The van der Waals surface area contributed by atoms with Crippen LogP contribution < -0.4 is 5.32 Å². The summed E-state index contributed by atoms with van der Waals surface area (Å²) in [6.07, 6.45) is 7.93. The minimum absolute atomic E-state index is 0.126. The Labute approximate surface area is 183 Å². The lowest BCUT2D eigenvalue weighted by Gasteiger charge is -2.19. The average Bonchev–Trinajstić information content (AvgIpc) is 3.45. The molecule has 31 heavy (non-hydrogen) atoms. The third kappa shape index (κ3) is 3.25. The van der Waals surface area contributed by atoms with Crippen molar-refractivity contribution in [1.82, 2.24) is 34.6 Å². The van der Waals surface area contributed by atoms with Gasteiger partial charge in [-0.2, -0.15) is 15.3 Å². The third-order valence-corrected chi connectivity index (χ3v) is 5.95. The number of nitrogens with zero attached hydrogens (tertiary/aromatic N) is 7. The van der Waals surface area contributed by atoms with Crippen LogP contribution in [0.1, 0.15) is 50.1 Å². The van der Waals surface area contributed by atoms with Crippen LogP contribution in [0.15, 0.2) is 36.9 Å². The summed E-state index contributed by atoms with van der Waals surface area (Å²) < 4.78 is 1.89. The van der Waals surface area contributed by atoms with Crippen molar-refractivity contribution >= 4 is 28.8 Å².